The summed E-state index contributed by atoms with van der Waals surface area (Å²) in [6.45, 7) is 19.2. The third-order valence-corrected chi connectivity index (χ3v) is 0.383. The van der Waals surface area contributed by atoms with Crippen molar-refractivity contribution >= 4 is 0 Å². The van der Waals surface area contributed by atoms with Crippen LogP contribution in [0.25, 0.3) is 0 Å². The standard InChI is InChI=1S/C5H6.C4H4.9Y/c1-3-5-4-2;1-3-4-2;;;;;;;;;/h1-4H,5H2;1-4H;;;;;;;;;/q2*-2;;;;;;;;;. The molecule has 18 heavy (non-hydrogen) atoms. The van der Waals surface area contributed by atoms with Crippen LogP contribution in [0.1, 0.15) is 6.42 Å². The van der Waals surface area contributed by atoms with Gasteiger partial charge in [0.25, 0.3) is 0 Å². The van der Waals surface area contributed by atoms with E-state index in [1.54, 1.807) is 0 Å². The molecule has 0 heterocycles. The molecule has 0 saturated carbocycles. The van der Waals surface area contributed by atoms with Gasteiger partial charge in [0.1, 0.15) is 0 Å². The van der Waals surface area contributed by atoms with Crippen molar-refractivity contribution < 1.29 is 294 Å². The molecular formula is C9H10Y9-4. The summed E-state index contributed by atoms with van der Waals surface area (Å²) in [6.07, 6.45) is 6.25. The Bertz CT molecular complexity index is 94.2. The van der Waals surface area contributed by atoms with Crippen LogP contribution in [0.3, 0.4) is 0 Å². The topological polar surface area (TPSA) is 0 Å². The minimum atomic E-state index is 0. The Hall–Kier alpha value is 8.90. The number of allylic oxidation sites excluding steroid dienone is 4. The second-order valence-electron chi connectivity index (χ2n) is 1.09. The number of hydrogen-bond acceptors (Lipinski definition) is 0. The van der Waals surface area contributed by atoms with E-state index in [0.29, 0.717) is 6.42 Å². The van der Waals surface area contributed by atoms with E-state index in [9.17, 15) is 0 Å². The van der Waals surface area contributed by atoms with E-state index in [-0.39, 0.29) is 294 Å². The van der Waals surface area contributed by atoms with Gasteiger partial charge in [-0.25, -0.2) is 0 Å². The van der Waals surface area contributed by atoms with Gasteiger partial charge in [0.15, 0.2) is 0 Å². The quantitative estimate of drug-likeness (QED) is 0.302. The Kier molecular flexibility index (Phi) is 330. The smallest absolute Gasteiger partial charge is 0 e. The molecule has 0 amide bonds. The normalized spacial score (nSPS) is 2.89. The van der Waals surface area contributed by atoms with Gasteiger partial charge in [0.05, 0.1) is 0 Å². The van der Waals surface area contributed by atoms with Crippen LogP contribution < -0.4 is 0 Å². The molecular weight excluding hydrogens is 908 g/mol. The molecule has 9 radical (unpaired) electrons. The summed E-state index contributed by atoms with van der Waals surface area (Å²) < 4.78 is 0. The van der Waals surface area contributed by atoms with Crippen molar-refractivity contribution in [2.45, 2.75) is 6.42 Å². The van der Waals surface area contributed by atoms with Gasteiger partial charge in [-0.15, -0.1) is 0 Å². The summed E-state index contributed by atoms with van der Waals surface area (Å²) in [7, 11) is 0. The molecule has 0 aliphatic carbocycles. The van der Waals surface area contributed by atoms with E-state index >= 15 is 0 Å². The SMILES string of the molecule is [CH-]=CC=[CH-].[CH-]=CCC=[CH-].[Y].[Y].[Y].[Y].[Y].[Y].[Y].[Y].[Y]. The molecule has 0 fully saturated rings. The Morgan fingerprint density at radius 2 is 0.611 bits per heavy atom. The zero-order valence-electron chi connectivity index (χ0n) is 10.5. The van der Waals surface area contributed by atoms with Gasteiger partial charge in [-0.3, -0.25) is 12.2 Å². The molecule has 0 bridgehead atoms. The zero-order chi connectivity index (χ0) is 7.54. The predicted molar refractivity (Wildman–Crippen MR) is 40.1 cm³/mol. The first-order valence-corrected chi connectivity index (χ1v) is 2.48. The Balaban J connectivity index is -0.00000000406. The third kappa shape index (κ3) is 100. The maximum Gasteiger partial charge on any atom is 0 e. The molecule has 77 valence electrons. The molecule has 0 aromatic rings. The van der Waals surface area contributed by atoms with E-state index in [2.05, 4.69) is 0 Å². The van der Waals surface area contributed by atoms with Crippen molar-refractivity contribution in [1.29, 1.82) is 0 Å². The van der Waals surface area contributed by atoms with Crippen molar-refractivity contribution in [1.82, 2.24) is 0 Å². The van der Waals surface area contributed by atoms with Crippen molar-refractivity contribution in [3.63, 3.8) is 0 Å². The summed E-state index contributed by atoms with van der Waals surface area (Å²) >= 11 is 0. The second-order valence-corrected chi connectivity index (χ2v) is 1.09. The average molecular weight is 918 g/mol. The van der Waals surface area contributed by atoms with Crippen LogP contribution in [0.15, 0.2) is 24.3 Å². The van der Waals surface area contributed by atoms with Gasteiger partial charge in [-0.05, 0) is 0 Å². The van der Waals surface area contributed by atoms with Crippen molar-refractivity contribution in [2.24, 2.45) is 0 Å². The van der Waals surface area contributed by atoms with Crippen molar-refractivity contribution in [3.8, 4) is 0 Å². The van der Waals surface area contributed by atoms with E-state index in [0.717, 1.165) is 0 Å². The van der Waals surface area contributed by atoms with E-state index < -0.39 is 0 Å². The maximum absolute atomic E-state index is 4.90. The Morgan fingerprint density at radius 3 is 0.611 bits per heavy atom. The molecule has 0 aliphatic rings. The molecule has 0 rings (SSSR count). The van der Waals surface area contributed by atoms with Crippen LogP contribution in [0.4, 0.5) is 0 Å². The zero-order valence-corrected chi connectivity index (χ0v) is 36.1. The molecule has 0 atom stereocenters. The Morgan fingerprint density at radius 1 is 0.444 bits per heavy atom. The second kappa shape index (κ2) is 83.1. The molecule has 9 heteroatoms. The molecule has 0 spiro atoms. The van der Waals surface area contributed by atoms with Crippen LogP contribution in [0.5, 0.6) is 0 Å². The summed E-state index contributed by atoms with van der Waals surface area (Å²) in [5.74, 6) is 0. The third-order valence-electron chi connectivity index (χ3n) is 0.383. The van der Waals surface area contributed by atoms with Crippen LogP contribution in [-0.4, -0.2) is 0 Å². The van der Waals surface area contributed by atoms with E-state index in [4.69, 9.17) is 26.3 Å². The fraction of sp³-hybridized carbons (Fsp3) is 0.111. The minimum absolute atomic E-state index is 0. The van der Waals surface area contributed by atoms with Gasteiger partial charge < -0.3 is 38.5 Å². The molecule has 0 aliphatic heterocycles. The van der Waals surface area contributed by atoms with Crippen LogP contribution in [0.2, 0.25) is 0 Å². The monoisotopic (exact) mass is 918 g/mol. The molecule has 0 N–H and O–H groups in total. The summed E-state index contributed by atoms with van der Waals surface area (Å²) in [6, 6.07) is 0. The molecule has 0 aromatic heterocycles. The van der Waals surface area contributed by atoms with Crippen LogP contribution in [0, 0.1) is 26.3 Å². The Labute approximate surface area is 340 Å². The summed E-state index contributed by atoms with van der Waals surface area (Å²) in [5.41, 5.74) is 0. The van der Waals surface area contributed by atoms with Gasteiger partial charge in [-0.2, -0.15) is 0 Å². The molecule has 0 unspecified atom stereocenters. The van der Waals surface area contributed by atoms with Gasteiger partial charge in [0.2, 0.25) is 0 Å². The van der Waals surface area contributed by atoms with Crippen LogP contribution >= 0.6 is 0 Å². The largest absolute Gasteiger partial charge is 0.518 e. The predicted octanol–water partition coefficient (Wildman–Crippen LogP) is 2.30. The number of rotatable bonds is 3. The minimum Gasteiger partial charge on any atom is -0.518 e. The van der Waals surface area contributed by atoms with E-state index in [1.165, 1.54) is 24.3 Å². The summed E-state index contributed by atoms with van der Waals surface area (Å²) in [4.78, 5) is 0. The molecule has 0 saturated heterocycles. The van der Waals surface area contributed by atoms with Gasteiger partial charge in [-0.1, -0.05) is 6.42 Å². The summed E-state index contributed by atoms with van der Waals surface area (Å²) in [5, 5.41) is 0. The fourth-order valence-corrected chi connectivity index (χ4v) is 0.0786. The van der Waals surface area contributed by atoms with Gasteiger partial charge >= 0.3 is 0 Å². The molecule has 0 aromatic carbocycles. The van der Waals surface area contributed by atoms with Gasteiger partial charge in [0, 0.05) is 294 Å². The first kappa shape index (κ1) is 71.4. The van der Waals surface area contributed by atoms with Crippen molar-refractivity contribution in [2.75, 3.05) is 0 Å². The molecule has 0 nitrogen and oxygen atoms in total. The number of hydrogen-bond donors (Lipinski definition) is 0. The first-order chi connectivity index (χ1) is 4.33. The average Bonchev–Trinajstić information content (AvgIpc) is 1.91. The van der Waals surface area contributed by atoms with Crippen LogP contribution in [-0.2, 0) is 294 Å². The van der Waals surface area contributed by atoms with Crippen molar-refractivity contribution in [3.05, 3.63) is 50.6 Å². The maximum atomic E-state index is 4.90. The first-order valence-electron chi connectivity index (χ1n) is 2.48. The van der Waals surface area contributed by atoms with E-state index in [1.807, 2.05) is 0 Å². The fourth-order valence-electron chi connectivity index (χ4n) is 0.0786.